The van der Waals surface area contributed by atoms with Gasteiger partial charge in [0.1, 0.15) is 11.5 Å². The fraction of sp³-hybridized carbons (Fsp3) is 0.500. The van der Waals surface area contributed by atoms with Gasteiger partial charge in [-0.1, -0.05) is 19.4 Å². The van der Waals surface area contributed by atoms with Crippen LogP contribution in [-0.2, 0) is 0 Å². The molecule has 3 nitrogen and oxygen atoms in total. The maximum atomic E-state index is 6.05. The maximum Gasteiger partial charge on any atom is 0.127 e. The number of methoxy groups -OCH3 is 2. The van der Waals surface area contributed by atoms with Gasteiger partial charge in [-0.15, -0.1) is 0 Å². The Morgan fingerprint density at radius 1 is 1.27 bits per heavy atom. The van der Waals surface area contributed by atoms with Crippen molar-refractivity contribution in [3.05, 3.63) is 23.8 Å². The van der Waals surface area contributed by atoms with E-state index in [1.165, 1.54) is 0 Å². The zero-order valence-corrected chi connectivity index (χ0v) is 9.62. The molecule has 15 heavy (non-hydrogen) atoms. The third kappa shape index (κ3) is 2.86. The van der Waals surface area contributed by atoms with Gasteiger partial charge < -0.3 is 15.2 Å². The first kappa shape index (κ1) is 11.9. The first-order valence-corrected chi connectivity index (χ1v) is 5.20. The van der Waals surface area contributed by atoms with Gasteiger partial charge in [-0.3, -0.25) is 0 Å². The lowest BCUT2D eigenvalue weighted by atomic mass is 10.0. The smallest absolute Gasteiger partial charge is 0.127 e. The molecule has 0 radical (unpaired) electrons. The van der Waals surface area contributed by atoms with Gasteiger partial charge in [0, 0.05) is 17.7 Å². The van der Waals surface area contributed by atoms with Crippen LogP contribution in [-0.4, -0.2) is 14.2 Å². The summed E-state index contributed by atoms with van der Waals surface area (Å²) in [6.45, 7) is 2.12. The number of nitrogens with two attached hydrogens (primary N) is 1. The fourth-order valence-corrected chi connectivity index (χ4v) is 1.59. The average molecular weight is 209 g/mol. The van der Waals surface area contributed by atoms with Crippen molar-refractivity contribution in [3.8, 4) is 11.5 Å². The second-order valence-electron chi connectivity index (χ2n) is 3.50. The Morgan fingerprint density at radius 2 is 2.00 bits per heavy atom. The molecule has 0 saturated heterocycles. The van der Waals surface area contributed by atoms with Crippen LogP contribution in [0.1, 0.15) is 31.4 Å². The molecule has 2 N–H and O–H groups in total. The van der Waals surface area contributed by atoms with Crippen molar-refractivity contribution >= 4 is 0 Å². The second kappa shape index (κ2) is 5.61. The molecule has 1 atom stereocenters. The maximum absolute atomic E-state index is 6.05. The van der Waals surface area contributed by atoms with Gasteiger partial charge in [-0.25, -0.2) is 0 Å². The third-order valence-electron chi connectivity index (χ3n) is 2.44. The SMILES string of the molecule is CCCC(N)c1ccc(OC)cc1OC. The molecule has 1 unspecified atom stereocenters. The quantitative estimate of drug-likeness (QED) is 0.810. The van der Waals surface area contributed by atoms with Gasteiger partial charge in [0.15, 0.2) is 0 Å². The van der Waals surface area contributed by atoms with Crippen LogP contribution in [0.15, 0.2) is 18.2 Å². The predicted octanol–water partition coefficient (Wildman–Crippen LogP) is 2.50. The van der Waals surface area contributed by atoms with Crippen molar-refractivity contribution in [3.63, 3.8) is 0 Å². The van der Waals surface area contributed by atoms with Gasteiger partial charge in [0.25, 0.3) is 0 Å². The fourth-order valence-electron chi connectivity index (χ4n) is 1.59. The molecule has 0 spiro atoms. The Bertz CT molecular complexity index is 312. The molecule has 0 aliphatic carbocycles. The summed E-state index contributed by atoms with van der Waals surface area (Å²) in [5.74, 6) is 1.59. The molecule has 0 amide bonds. The van der Waals surface area contributed by atoms with E-state index in [-0.39, 0.29) is 6.04 Å². The van der Waals surface area contributed by atoms with E-state index in [1.54, 1.807) is 14.2 Å². The van der Waals surface area contributed by atoms with Gasteiger partial charge >= 0.3 is 0 Å². The molecule has 1 rings (SSSR count). The van der Waals surface area contributed by atoms with Crippen molar-refractivity contribution in [1.29, 1.82) is 0 Å². The Hall–Kier alpha value is -1.22. The Morgan fingerprint density at radius 3 is 2.53 bits per heavy atom. The lowest BCUT2D eigenvalue weighted by Crippen LogP contribution is -2.11. The molecule has 3 heteroatoms. The van der Waals surface area contributed by atoms with Crippen molar-refractivity contribution in [2.45, 2.75) is 25.8 Å². The molecule has 0 saturated carbocycles. The molecule has 0 bridgehead atoms. The molecular weight excluding hydrogens is 190 g/mol. The number of benzene rings is 1. The number of hydrogen-bond acceptors (Lipinski definition) is 3. The van der Waals surface area contributed by atoms with E-state index < -0.39 is 0 Å². The highest BCUT2D eigenvalue weighted by molar-refractivity contribution is 5.42. The van der Waals surface area contributed by atoms with E-state index in [4.69, 9.17) is 15.2 Å². The second-order valence-corrected chi connectivity index (χ2v) is 3.50. The van der Waals surface area contributed by atoms with Crippen molar-refractivity contribution in [1.82, 2.24) is 0 Å². The lowest BCUT2D eigenvalue weighted by molar-refractivity contribution is 0.387. The number of rotatable bonds is 5. The molecule has 0 heterocycles. The third-order valence-corrected chi connectivity index (χ3v) is 2.44. The average Bonchev–Trinajstić information content (AvgIpc) is 2.28. The van der Waals surface area contributed by atoms with Crippen LogP contribution in [0.2, 0.25) is 0 Å². The minimum Gasteiger partial charge on any atom is -0.497 e. The van der Waals surface area contributed by atoms with Crippen molar-refractivity contribution in [2.75, 3.05) is 14.2 Å². The minimum atomic E-state index is 0.0378. The first-order chi connectivity index (χ1) is 7.22. The summed E-state index contributed by atoms with van der Waals surface area (Å²) in [4.78, 5) is 0. The normalized spacial score (nSPS) is 12.3. The van der Waals surface area contributed by atoms with Crippen LogP contribution in [0.4, 0.5) is 0 Å². The highest BCUT2D eigenvalue weighted by Crippen LogP contribution is 2.30. The van der Waals surface area contributed by atoms with E-state index in [1.807, 2.05) is 18.2 Å². The molecule has 0 aliphatic heterocycles. The summed E-state index contributed by atoms with van der Waals surface area (Å²) in [6.07, 6.45) is 2.03. The lowest BCUT2D eigenvalue weighted by Gasteiger charge is -2.15. The Kier molecular flexibility index (Phi) is 4.43. The van der Waals surface area contributed by atoms with E-state index in [0.29, 0.717) is 0 Å². The van der Waals surface area contributed by atoms with Gasteiger partial charge in [-0.05, 0) is 12.5 Å². The largest absolute Gasteiger partial charge is 0.497 e. The van der Waals surface area contributed by atoms with Crippen LogP contribution >= 0.6 is 0 Å². The topological polar surface area (TPSA) is 44.5 Å². The first-order valence-electron chi connectivity index (χ1n) is 5.20. The van der Waals surface area contributed by atoms with Crippen molar-refractivity contribution < 1.29 is 9.47 Å². The van der Waals surface area contributed by atoms with Gasteiger partial charge in [-0.2, -0.15) is 0 Å². The van der Waals surface area contributed by atoms with Crippen molar-refractivity contribution in [2.24, 2.45) is 5.73 Å². The zero-order valence-electron chi connectivity index (χ0n) is 9.62. The summed E-state index contributed by atoms with van der Waals surface area (Å²) in [6, 6.07) is 5.78. The van der Waals surface area contributed by atoms with Gasteiger partial charge in [0.2, 0.25) is 0 Å². The van der Waals surface area contributed by atoms with Crippen LogP contribution in [0.25, 0.3) is 0 Å². The molecule has 1 aromatic carbocycles. The van der Waals surface area contributed by atoms with E-state index in [0.717, 1.165) is 29.9 Å². The highest BCUT2D eigenvalue weighted by Gasteiger charge is 2.11. The van der Waals surface area contributed by atoms with Crippen LogP contribution in [0, 0.1) is 0 Å². The molecule has 0 aromatic heterocycles. The van der Waals surface area contributed by atoms with E-state index in [9.17, 15) is 0 Å². The minimum absolute atomic E-state index is 0.0378. The molecular formula is C12H19NO2. The van der Waals surface area contributed by atoms with Crippen LogP contribution in [0.5, 0.6) is 11.5 Å². The van der Waals surface area contributed by atoms with Gasteiger partial charge in [0.05, 0.1) is 14.2 Å². The van der Waals surface area contributed by atoms with E-state index >= 15 is 0 Å². The molecule has 0 fully saturated rings. The summed E-state index contributed by atoms with van der Waals surface area (Å²) in [5.41, 5.74) is 7.09. The number of hydrogen-bond donors (Lipinski definition) is 1. The highest BCUT2D eigenvalue weighted by atomic mass is 16.5. The summed E-state index contributed by atoms with van der Waals surface area (Å²) in [5, 5.41) is 0. The van der Waals surface area contributed by atoms with Crippen LogP contribution in [0.3, 0.4) is 0 Å². The molecule has 84 valence electrons. The Balaban J connectivity index is 2.96. The monoisotopic (exact) mass is 209 g/mol. The standard InChI is InChI=1S/C12H19NO2/c1-4-5-11(13)10-7-6-9(14-2)8-12(10)15-3/h6-8,11H,4-5,13H2,1-3H3. The summed E-state index contributed by atoms with van der Waals surface area (Å²) in [7, 11) is 3.29. The molecule has 0 aliphatic rings. The molecule has 1 aromatic rings. The zero-order chi connectivity index (χ0) is 11.3. The Labute approximate surface area is 91.2 Å². The number of ether oxygens (including phenoxy) is 2. The summed E-state index contributed by atoms with van der Waals surface area (Å²) < 4.78 is 10.4. The predicted molar refractivity (Wildman–Crippen MR) is 61.4 cm³/mol. The summed E-state index contributed by atoms with van der Waals surface area (Å²) >= 11 is 0. The van der Waals surface area contributed by atoms with Crippen LogP contribution < -0.4 is 15.2 Å². The van der Waals surface area contributed by atoms with E-state index in [2.05, 4.69) is 6.92 Å².